The van der Waals surface area contributed by atoms with Crippen LogP contribution in [0.4, 0.5) is 0 Å². The van der Waals surface area contributed by atoms with Gasteiger partial charge in [-0.25, -0.2) is 8.42 Å². The number of likely N-dealkylation sites (N-methyl/N-ethyl adjacent to an activating group) is 1. The van der Waals surface area contributed by atoms with E-state index in [1.54, 1.807) is 36.4 Å². The highest BCUT2D eigenvalue weighted by Crippen LogP contribution is 2.29. The lowest BCUT2D eigenvalue weighted by molar-refractivity contribution is 0.210. The molecule has 1 saturated heterocycles. The summed E-state index contributed by atoms with van der Waals surface area (Å²) in [7, 11) is -1.51. The van der Waals surface area contributed by atoms with Gasteiger partial charge in [0.2, 0.25) is 9.84 Å². The fraction of sp³-hybridized carbons (Fsp3) is 0.250. The predicted octanol–water partition coefficient (Wildman–Crippen LogP) is 3.15. The number of hydrogen-bond acceptors (Lipinski definition) is 5. The van der Waals surface area contributed by atoms with Crippen molar-refractivity contribution < 1.29 is 13.2 Å². The fourth-order valence-corrected chi connectivity index (χ4v) is 4.52. The highest BCUT2D eigenvalue weighted by Gasteiger charge is 2.23. The maximum absolute atomic E-state index is 12.8. The summed E-state index contributed by atoms with van der Waals surface area (Å²) in [5, 5.41) is 0.755. The van der Waals surface area contributed by atoms with Crippen LogP contribution in [0.25, 0.3) is 10.9 Å². The van der Waals surface area contributed by atoms with Gasteiger partial charge in [-0.1, -0.05) is 30.3 Å². The Morgan fingerprint density at radius 3 is 2.62 bits per heavy atom. The zero-order valence-corrected chi connectivity index (χ0v) is 15.3. The topological polar surface area (TPSA) is 59.5 Å². The zero-order chi connectivity index (χ0) is 18.1. The molecule has 0 amide bonds. The fourth-order valence-electron chi connectivity index (χ4n) is 3.26. The molecule has 134 valence electrons. The maximum atomic E-state index is 12.8. The zero-order valence-electron chi connectivity index (χ0n) is 14.5. The number of hydrogen-bond donors (Lipinski definition) is 0. The Hall–Kier alpha value is -2.44. The summed E-state index contributed by atoms with van der Waals surface area (Å²) < 4.78 is 31.7. The molecule has 0 N–H and O–H groups in total. The molecule has 0 aliphatic carbocycles. The van der Waals surface area contributed by atoms with Gasteiger partial charge < -0.3 is 9.64 Å². The second-order valence-corrected chi connectivity index (χ2v) is 8.56. The number of likely N-dealkylation sites (tertiary alicyclic amines) is 1. The van der Waals surface area contributed by atoms with E-state index in [4.69, 9.17) is 4.74 Å². The molecule has 0 spiro atoms. The standard InChI is InChI=1S/C20H20N2O3S/c1-22-11-10-16(14-22)25-19-9-5-6-15-12-18(13-21-20(15)19)26(23,24)17-7-3-2-4-8-17/h2-9,12-13,16H,10-11,14H2,1H3/t16-/m0/s1. The molecule has 1 aromatic heterocycles. The van der Waals surface area contributed by atoms with Crippen LogP contribution >= 0.6 is 0 Å². The number of pyridine rings is 1. The van der Waals surface area contributed by atoms with Crippen LogP contribution in [0.15, 0.2) is 70.6 Å². The first-order valence-corrected chi connectivity index (χ1v) is 10.1. The molecule has 0 unspecified atom stereocenters. The minimum atomic E-state index is -3.58. The summed E-state index contributed by atoms with van der Waals surface area (Å²) in [6.45, 7) is 1.90. The molecule has 1 aliphatic heterocycles. The third-order valence-electron chi connectivity index (χ3n) is 4.65. The minimum absolute atomic E-state index is 0.139. The molecule has 0 bridgehead atoms. The minimum Gasteiger partial charge on any atom is -0.487 e. The first-order valence-electron chi connectivity index (χ1n) is 8.58. The predicted molar refractivity (Wildman–Crippen MR) is 100 cm³/mol. The van der Waals surface area contributed by atoms with Gasteiger partial charge in [0, 0.05) is 24.7 Å². The largest absolute Gasteiger partial charge is 0.487 e. The number of fused-ring (bicyclic) bond motifs is 1. The Labute approximate surface area is 153 Å². The van der Waals surface area contributed by atoms with Crippen LogP contribution in [-0.2, 0) is 9.84 Å². The van der Waals surface area contributed by atoms with E-state index in [-0.39, 0.29) is 15.9 Å². The molecule has 6 heteroatoms. The number of benzene rings is 2. The first-order chi connectivity index (χ1) is 12.5. The third kappa shape index (κ3) is 3.18. The van der Waals surface area contributed by atoms with E-state index in [1.165, 1.54) is 6.20 Å². The van der Waals surface area contributed by atoms with Crippen molar-refractivity contribution in [1.29, 1.82) is 0 Å². The molecule has 4 rings (SSSR count). The molecular formula is C20H20N2O3S. The van der Waals surface area contributed by atoms with Gasteiger partial charge in [-0.3, -0.25) is 4.98 Å². The molecule has 1 aliphatic rings. The van der Waals surface area contributed by atoms with Gasteiger partial charge in [0.05, 0.1) is 9.79 Å². The summed E-state index contributed by atoms with van der Waals surface area (Å²) in [5.41, 5.74) is 0.689. The Kier molecular flexibility index (Phi) is 4.38. The van der Waals surface area contributed by atoms with E-state index in [0.717, 1.165) is 24.9 Å². The molecule has 1 atom stereocenters. The van der Waals surface area contributed by atoms with Crippen molar-refractivity contribution >= 4 is 20.7 Å². The van der Waals surface area contributed by atoms with E-state index in [0.29, 0.717) is 11.3 Å². The van der Waals surface area contributed by atoms with Gasteiger partial charge in [0.15, 0.2) is 0 Å². The lowest BCUT2D eigenvalue weighted by Crippen LogP contribution is -2.21. The van der Waals surface area contributed by atoms with E-state index in [9.17, 15) is 8.42 Å². The normalized spacial score (nSPS) is 18.3. The smallest absolute Gasteiger partial charge is 0.208 e. The molecule has 2 aromatic carbocycles. The summed E-state index contributed by atoms with van der Waals surface area (Å²) in [5.74, 6) is 0.700. The van der Waals surface area contributed by atoms with Gasteiger partial charge in [-0.15, -0.1) is 0 Å². The third-order valence-corrected chi connectivity index (χ3v) is 6.39. The molecular weight excluding hydrogens is 348 g/mol. The first kappa shape index (κ1) is 17.0. The van der Waals surface area contributed by atoms with Crippen molar-refractivity contribution in [2.24, 2.45) is 0 Å². The van der Waals surface area contributed by atoms with Gasteiger partial charge in [-0.2, -0.15) is 0 Å². The van der Waals surface area contributed by atoms with Crippen LogP contribution in [0.5, 0.6) is 5.75 Å². The van der Waals surface area contributed by atoms with Crippen LogP contribution < -0.4 is 4.74 Å². The van der Waals surface area contributed by atoms with Gasteiger partial charge in [0.1, 0.15) is 17.4 Å². The van der Waals surface area contributed by atoms with Crippen molar-refractivity contribution in [3.8, 4) is 5.75 Å². The molecule has 2 heterocycles. The summed E-state index contributed by atoms with van der Waals surface area (Å²) in [6, 6.07) is 15.7. The van der Waals surface area contributed by atoms with E-state index >= 15 is 0 Å². The van der Waals surface area contributed by atoms with Gasteiger partial charge >= 0.3 is 0 Å². The SMILES string of the molecule is CN1CC[C@H](Oc2cccc3cc(S(=O)(=O)c4ccccc4)cnc23)C1. The summed E-state index contributed by atoms with van der Waals surface area (Å²) in [4.78, 5) is 7.10. The van der Waals surface area contributed by atoms with E-state index < -0.39 is 9.84 Å². The number of sulfone groups is 1. The molecule has 1 fully saturated rings. The van der Waals surface area contributed by atoms with Gasteiger partial charge in [-0.05, 0) is 37.7 Å². The van der Waals surface area contributed by atoms with Crippen LogP contribution in [0.1, 0.15) is 6.42 Å². The Morgan fingerprint density at radius 1 is 1.08 bits per heavy atom. The summed E-state index contributed by atoms with van der Waals surface area (Å²) >= 11 is 0. The number of ether oxygens (including phenoxy) is 1. The van der Waals surface area contributed by atoms with Crippen molar-refractivity contribution in [2.75, 3.05) is 20.1 Å². The number of nitrogens with zero attached hydrogens (tertiary/aromatic N) is 2. The average Bonchev–Trinajstić information content (AvgIpc) is 3.07. The molecule has 3 aromatic rings. The van der Waals surface area contributed by atoms with Crippen molar-refractivity contribution in [3.63, 3.8) is 0 Å². The van der Waals surface area contributed by atoms with Crippen LogP contribution in [0, 0.1) is 0 Å². The monoisotopic (exact) mass is 368 g/mol. The van der Waals surface area contributed by atoms with Crippen molar-refractivity contribution in [1.82, 2.24) is 9.88 Å². The molecule has 0 saturated carbocycles. The summed E-state index contributed by atoms with van der Waals surface area (Å²) in [6.07, 6.45) is 2.53. The molecule has 5 nitrogen and oxygen atoms in total. The van der Waals surface area contributed by atoms with Crippen molar-refractivity contribution in [3.05, 3.63) is 60.8 Å². The van der Waals surface area contributed by atoms with Crippen molar-refractivity contribution in [2.45, 2.75) is 22.3 Å². The Morgan fingerprint density at radius 2 is 1.88 bits per heavy atom. The number of aromatic nitrogens is 1. The highest BCUT2D eigenvalue weighted by molar-refractivity contribution is 7.91. The Balaban J connectivity index is 1.70. The van der Waals surface area contributed by atoms with Gasteiger partial charge in [0.25, 0.3) is 0 Å². The van der Waals surface area contributed by atoms with Crippen LogP contribution in [0.3, 0.4) is 0 Å². The van der Waals surface area contributed by atoms with E-state index in [1.807, 2.05) is 18.2 Å². The molecule has 26 heavy (non-hydrogen) atoms. The maximum Gasteiger partial charge on any atom is 0.208 e. The number of rotatable bonds is 4. The van der Waals surface area contributed by atoms with Crippen LogP contribution in [0.2, 0.25) is 0 Å². The second-order valence-electron chi connectivity index (χ2n) is 6.61. The molecule has 0 radical (unpaired) electrons. The highest BCUT2D eigenvalue weighted by atomic mass is 32.2. The average molecular weight is 368 g/mol. The van der Waals surface area contributed by atoms with Crippen LogP contribution in [-0.4, -0.2) is 44.5 Å². The number of para-hydroxylation sites is 1. The Bertz CT molecular complexity index is 1040. The lowest BCUT2D eigenvalue weighted by atomic mass is 10.2. The second kappa shape index (κ2) is 6.70. The quantitative estimate of drug-likeness (QED) is 0.708. The lowest BCUT2D eigenvalue weighted by Gasteiger charge is -2.15. The van der Waals surface area contributed by atoms with E-state index in [2.05, 4.69) is 16.9 Å².